The number of nitrogens with one attached hydrogen (secondary N) is 1. The average Bonchev–Trinajstić information content (AvgIpc) is 2.75. The highest BCUT2D eigenvalue weighted by Gasteiger charge is 2.18. The van der Waals surface area contributed by atoms with Crippen LogP contribution in [0.4, 0.5) is 5.95 Å². The molecule has 7 nitrogen and oxygen atoms in total. The average molecular weight is 509 g/mol. The number of guanidine groups is 1. The van der Waals surface area contributed by atoms with Gasteiger partial charge in [0.2, 0.25) is 5.95 Å². The highest BCUT2D eigenvalue weighted by molar-refractivity contribution is 14.0. The van der Waals surface area contributed by atoms with Crippen LogP contribution in [0.1, 0.15) is 12.5 Å². The highest BCUT2D eigenvalue weighted by atomic mass is 127. The molecule has 2 aromatic rings. The van der Waals surface area contributed by atoms with Crippen molar-refractivity contribution in [2.45, 2.75) is 13.5 Å². The summed E-state index contributed by atoms with van der Waals surface area (Å²) < 4.78 is 0. The summed E-state index contributed by atoms with van der Waals surface area (Å²) in [6.07, 6.45) is 3.61. The monoisotopic (exact) mass is 509 g/mol. The lowest BCUT2D eigenvalue weighted by Crippen LogP contribution is -2.47. The molecule has 0 spiro atoms. The zero-order chi connectivity index (χ0) is 19.6. The van der Waals surface area contributed by atoms with Crippen molar-refractivity contribution in [3.63, 3.8) is 0 Å². The van der Waals surface area contributed by atoms with Crippen LogP contribution < -0.4 is 10.2 Å². The zero-order valence-electron chi connectivity index (χ0n) is 17.4. The predicted octanol–water partition coefficient (Wildman–Crippen LogP) is 2.31. The van der Waals surface area contributed by atoms with Crippen LogP contribution in [0.5, 0.6) is 0 Å². The fourth-order valence-corrected chi connectivity index (χ4v) is 3.33. The largest absolute Gasteiger partial charge is 0.357 e. The summed E-state index contributed by atoms with van der Waals surface area (Å²) in [5.41, 5.74) is 1.29. The van der Waals surface area contributed by atoms with Crippen LogP contribution in [0.25, 0.3) is 0 Å². The van der Waals surface area contributed by atoms with Gasteiger partial charge in [-0.05, 0) is 18.6 Å². The van der Waals surface area contributed by atoms with E-state index in [2.05, 4.69) is 68.2 Å². The topological polar surface area (TPSA) is 59.9 Å². The van der Waals surface area contributed by atoms with Gasteiger partial charge < -0.3 is 15.1 Å². The number of piperazine rings is 1. The summed E-state index contributed by atoms with van der Waals surface area (Å²) in [6, 6.07) is 12.4. The van der Waals surface area contributed by atoms with Crippen molar-refractivity contribution >= 4 is 35.9 Å². The van der Waals surface area contributed by atoms with Gasteiger partial charge in [-0.25, -0.2) is 9.97 Å². The standard InChI is InChI=1S/C21H31N7.HI/c1-3-22-20(26(2)18-19-8-5-4-6-9-19)25-12-13-27-14-16-28(17-15-27)21-23-10-7-11-24-21;/h4-11H,3,12-18H2,1-2H3,(H,22,25);1H. The molecule has 0 unspecified atom stereocenters. The molecule has 1 aromatic heterocycles. The van der Waals surface area contributed by atoms with Gasteiger partial charge in [0, 0.05) is 65.3 Å². The molecule has 1 aromatic carbocycles. The summed E-state index contributed by atoms with van der Waals surface area (Å²) >= 11 is 0. The van der Waals surface area contributed by atoms with Gasteiger partial charge in [0.15, 0.2) is 5.96 Å². The molecule has 1 fully saturated rings. The number of nitrogens with zero attached hydrogens (tertiary/aromatic N) is 6. The fourth-order valence-electron chi connectivity index (χ4n) is 3.33. The van der Waals surface area contributed by atoms with Crippen molar-refractivity contribution in [1.82, 2.24) is 25.1 Å². The number of rotatable bonds is 7. The third kappa shape index (κ3) is 7.43. The van der Waals surface area contributed by atoms with Gasteiger partial charge in [-0.2, -0.15) is 0 Å². The van der Waals surface area contributed by atoms with E-state index in [1.54, 1.807) is 12.4 Å². The van der Waals surface area contributed by atoms with Crippen LogP contribution in [0.3, 0.4) is 0 Å². The lowest BCUT2D eigenvalue weighted by atomic mass is 10.2. The Morgan fingerprint density at radius 3 is 2.41 bits per heavy atom. The van der Waals surface area contributed by atoms with Gasteiger partial charge in [-0.3, -0.25) is 9.89 Å². The fraction of sp³-hybridized carbons (Fsp3) is 0.476. The Morgan fingerprint density at radius 2 is 1.76 bits per heavy atom. The molecule has 1 aliphatic heterocycles. The van der Waals surface area contributed by atoms with Crippen LogP contribution in [-0.4, -0.2) is 78.6 Å². The van der Waals surface area contributed by atoms with Gasteiger partial charge in [0.25, 0.3) is 0 Å². The first kappa shape index (κ1) is 23.3. The predicted molar refractivity (Wildman–Crippen MR) is 130 cm³/mol. The first-order valence-corrected chi connectivity index (χ1v) is 10.0. The molecule has 1 N–H and O–H groups in total. The molecule has 0 saturated carbocycles. The maximum Gasteiger partial charge on any atom is 0.225 e. The summed E-state index contributed by atoms with van der Waals surface area (Å²) in [5.74, 6) is 1.79. The second-order valence-electron chi connectivity index (χ2n) is 6.95. The van der Waals surface area contributed by atoms with E-state index in [9.17, 15) is 0 Å². The minimum absolute atomic E-state index is 0. The number of hydrogen-bond acceptors (Lipinski definition) is 5. The van der Waals surface area contributed by atoms with Gasteiger partial charge >= 0.3 is 0 Å². The Labute approximate surface area is 191 Å². The lowest BCUT2D eigenvalue weighted by molar-refractivity contribution is 0.263. The van der Waals surface area contributed by atoms with Crippen molar-refractivity contribution in [2.24, 2.45) is 4.99 Å². The Morgan fingerprint density at radius 1 is 1.07 bits per heavy atom. The Hall–Kier alpha value is -1.94. The molecule has 0 amide bonds. The highest BCUT2D eigenvalue weighted by Crippen LogP contribution is 2.09. The SMILES string of the molecule is CCNC(=NCCN1CCN(c2ncccn2)CC1)N(C)Cc1ccccc1.I. The van der Waals surface area contributed by atoms with Crippen LogP contribution >= 0.6 is 24.0 Å². The minimum atomic E-state index is 0. The second kappa shape index (κ2) is 12.6. The van der Waals surface area contributed by atoms with Gasteiger partial charge in [0.05, 0.1) is 6.54 Å². The summed E-state index contributed by atoms with van der Waals surface area (Å²) in [6.45, 7) is 9.55. The van der Waals surface area contributed by atoms with Crippen LogP contribution in [0.2, 0.25) is 0 Å². The van der Waals surface area contributed by atoms with E-state index in [0.29, 0.717) is 0 Å². The van der Waals surface area contributed by atoms with E-state index in [1.807, 2.05) is 12.1 Å². The van der Waals surface area contributed by atoms with Crippen LogP contribution in [0.15, 0.2) is 53.8 Å². The number of benzene rings is 1. The smallest absolute Gasteiger partial charge is 0.225 e. The Balaban J connectivity index is 0.00000300. The van der Waals surface area contributed by atoms with E-state index in [-0.39, 0.29) is 24.0 Å². The van der Waals surface area contributed by atoms with Gasteiger partial charge in [-0.15, -0.1) is 24.0 Å². The molecule has 29 heavy (non-hydrogen) atoms. The summed E-state index contributed by atoms with van der Waals surface area (Å²) in [4.78, 5) is 20.4. The zero-order valence-corrected chi connectivity index (χ0v) is 19.7. The molecule has 2 heterocycles. The second-order valence-corrected chi connectivity index (χ2v) is 6.95. The normalized spacial score (nSPS) is 15.0. The molecule has 0 atom stereocenters. The van der Waals surface area contributed by atoms with Crippen LogP contribution in [0, 0.1) is 0 Å². The molecule has 1 saturated heterocycles. The van der Waals surface area contributed by atoms with E-state index < -0.39 is 0 Å². The molecule has 0 aliphatic carbocycles. The number of aliphatic imine (C=N–C) groups is 1. The van der Waals surface area contributed by atoms with Crippen molar-refractivity contribution in [2.75, 3.05) is 57.8 Å². The molecule has 1 aliphatic rings. The van der Waals surface area contributed by atoms with Crippen molar-refractivity contribution in [3.8, 4) is 0 Å². The third-order valence-corrected chi connectivity index (χ3v) is 4.84. The molecule has 158 valence electrons. The number of halogens is 1. The van der Waals surface area contributed by atoms with Crippen LogP contribution in [-0.2, 0) is 6.54 Å². The Bertz CT molecular complexity index is 718. The van der Waals surface area contributed by atoms with E-state index >= 15 is 0 Å². The minimum Gasteiger partial charge on any atom is -0.357 e. The maximum atomic E-state index is 4.83. The van der Waals surface area contributed by atoms with Gasteiger partial charge in [-0.1, -0.05) is 30.3 Å². The number of anilines is 1. The van der Waals surface area contributed by atoms with E-state index in [1.165, 1.54) is 5.56 Å². The van der Waals surface area contributed by atoms with Crippen molar-refractivity contribution < 1.29 is 0 Å². The molecular weight excluding hydrogens is 477 g/mol. The molecule has 8 heteroatoms. The molecular formula is C21H32IN7. The molecule has 3 rings (SSSR count). The van der Waals surface area contributed by atoms with E-state index in [0.717, 1.165) is 64.3 Å². The molecule has 0 radical (unpaired) electrons. The first-order chi connectivity index (χ1) is 13.8. The number of hydrogen-bond donors (Lipinski definition) is 1. The summed E-state index contributed by atoms with van der Waals surface area (Å²) in [5, 5.41) is 3.40. The third-order valence-electron chi connectivity index (χ3n) is 4.84. The first-order valence-electron chi connectivity index (χ1n) is 10.0. The Kier molecular flexibility index (Phi) is 10.1. The molecule has 0 bridgehead atoms. The van der Waals surface area contributed by atoms with Crippen molar-refractivity contribution in [3.05, 3.63) is 54.4 Å². The van der Waals surface area contributed by atoms with E-state index in [4.69, 9.17) is 4.99 Å². The lowest BCUT2D eigenvalue weighted by Gasteiger charge is -2.34. The quantitative estimate of drug-likeness (QED) is 0.351. The van der Waals surface area contributed by atoms with Gasteiger partial charge in [0.1, 0.15) is 0 Å². The summed E-state index contributed by atoms with van der Waals surface area (Å²) in [7, 11) is 2.09. The van der Waals surface area contributed by atoms with Crippen molar-refractivity contribution in [1.29, 1.82) is 0 Å². The number of aromatic nitrogens is 2. The maximum absolute atomic E-state index is 4.83.